The molecule has 2 N–H and O–H groups in total. The average Bonchev–Trinajstić information content (AvgIpc) is 2.72. The van der Waals surface area contributed by atoms with Crippen LogP contribution in [0.1, 0.15) is 70.3 Å². The SMILES string of the molecule is CCCCOc1ccc(CNC(=S)NC(=O)CCC2CCCCC2)cc1OC. The summed E-state index contributed by atoms with van der Waals surface area (Å²) < 4.78 is 11.2. The van der Waals surface area contributed by atoms with E-state index in [4.69, 9.17) is 21.7 Å². The second-order valence-corrected chi connectivity index (χ2v) is 7.87. The van der Waals surface area contributed by atoms with Gasteiger partial charge in [0.1, 0.15) is 0 Å². The van der Waals surface area contributed by atoms with E-state index in [0.29, 0.717) is 36.4 Å². The van der Waals surface area contributed by atoms with Crippen LogP contribution in [0.4, 0.5) is 0 Å². The first-order chi connectivity index (χ1) is 13.6. The molecule has 1 aromatic rings. The topological polar surface area (TPSA) is 59.6 Å². The predicted octanol–water partition coefficient (Wildman–Crippen LogP) is 4.73. The molecule has 0 unspecified atom stereocenters. The molecule has 0 bridgehead atoms. The maximum absolute atomic E-state index is 12.1. The van der Waals surface area contributed by atoms with Gasteiger partial charge in [-0.15, -0.1) is 0 Å². The Morgan fingerprint density at radius 2 is 2.00 bits per heavy atom. The Balaban J connectivity index is 1.72. The molecule has 0 aromatic heterocycles. The Bertz CT molecular complexity index is 630. The Morgan fingerprint density at radius 1 is 1.21 bits per heavy atom. The Hall–Kier alpha value is -1.82. The summed E-state index contributed by atoms with van der Waals surface area (Å²) in [7, 11) is 1.64. The summed E-state index contributed by atoms with van der Waals surface area (Å²) in [5, 5.41) is 6.25. The van der Waals surface area contributed by atoms with Crippen LogP contribution >= 0.6 is 12.2 Å². The minimum atomic E-state index is 0.000302. The van der Waals surface area contributed by atoms with Crippen LogP contribution in [0.3, 0.4) is 0 Å². The zero-order valence-electron chi connectivity index (χ0n) is 17.2. The van der Waals surface area contributed by atoms with Gasteiger partial charge in [0.2, 0.25) is 5.91 Å². The van der Waals surface area contributed by atoms with Gasteiger partial charge >= 0.3 is 0 Å². The van der Waals surface area contributed by atoms with Crippen molar-refractivity contribution in [1.29, 1.82) is 0 Å². The lowest BCUT2D eigenvalue weighted by molar-refractivity contribution is -0.120. The molecular weight excluding hydrogens is 372 g/mol. The molecule has 1 fully saturated rings. The summed E-state index contributed by atoms with van der Waals surface area (Å²) in [5.41, 5.74) is 1.01. The molecule has 0 spiro atoms. The van der Waals surface area contributed by atoms with Gasteiger partial charge in [0.25, 0.3) is 0 Å². The fraction of sp³-hybridized carbons (Fsp3) is 0.636. The van der Waals surface area contributed by atoms with Gasteiger partial charge in [0.05, 0.1) is 13.7 Å². The third-order valence-electron chi connectivity index (χ3n) is 5.19. The molecule has 156 valence electrons. The molecule has 0 aliphatic heterocycles. The second kappa shape index (κ2) is 12.6. The number of methoxy groups -OCH3 is 1. The largest absolute Gasteiger partial charge is 0.493 e. The number of benzene rings is 1. The molecule has 6 heteroatoms. The summed E-state index contributed by atoms with van der Waals surface area (Å²) in [6.45, 7) is 3.34. The molecule has 1 aromatic carbocycles. The van der Waals surface area contributed by atoms with Crippen LogP contribution in [-0.2, 0) is 11.3 Å². The summed E-state index contributed by atoms with van der Waals surface area (Å²) in [6, 6.07) is 5.82. The number of carbonyl (C=O) groups excluding carboxylic acids is 1. The van der Waals surface area contributed by atoms with Gasteiger partial charge in [0.15, 0.2) is 16.6 Å². The molecule has 28 heavy (non-hydrogen) atoms. The lowest BCUT2D eigenvalue weighted by atomic mass is 9.86. The van der Waals surface area contributed by atoms with E-state index in [1.807, 2.05) is 18.2 Å². The number of nitrogens with one attached hydrogen (secondary N) is 2. The van der Waals surface area contributed by atoms with Crippen LogP contribution < -0.4 is 20.1 Å². The van der Waals surface area contributed by atoms with Crippen molar-refractivity contribution in [3.63, 3.8) is 0 Å². The number of hydrogen-bond donors (Lipinski definition) is 2. The second-order valence-electron chi connectivity index (χ2n) is 7.46. The van der Waals surface area contributed by atoms with Crippen LogP contribution in [0, 0.1) is 5.92 Å². The van der Waals surface area contributed by atoms with Crippen LogP contribution in [0.15, 0.2) is 18.2 Å². The highest BCUT2D eigenvalue weighted by Gasteiger charge is 2.15. The summed E-state index contributed by atoms with van der Waals surface area (Å²) in [4.78, 5) is 12.1. The third kappa shape index (κ3) is 8.05. The molecule has 2 rings (SSSR count). The monoisotopic (exact) mass is 406 g/mol. The van der Waals surface area contributed by atoms with Crippen molar-refractivity contribution in [2.75, 3.05) is 13.7 Å². The average molecular weight is 407 g/mol. The smallest absolute Gasteiger partial charge is 0.226 e. The number of rotatable bonds is 10. The Kier molecular flexibility index (Phi) is 10.1. The highest BCUT2D eigenvalue weighted by Crippen LogP contribution is 2.28. The first-order valence-electron chi connectivity index (χ1n) is 10.5. The van der Waals surface area contributed by atoms with Crippen LogP contribution in [0.5, 0.6) is 11.5 Å². The normalized spacial score (nSPS) is 14.4. The zero-order chi connectivity index (χ0) is 20.2. The molecule has 0 radical (unpaired) electrons. The van der Waals surface area contributed by atoms with Gasteiger partial charge in [-0.2, -0.15) is 0 Å². The van der Waals surface area contributed by atoms with Gasteiger partial charge in [0, 0.05) is 13.0 Å². The van der Waals surface area contributed by atoms with Crippen LogP contribution in [0.25, 0.3) is 0 Å². The minimum absolute atomic E-state index is 0.000302. The molecule has 0 atom stereocenters. The van der Waals surface area contributed by atoms with E-state index >= 15 is 0 Å². The highest BCUT2D eigenvalue weighted by atomic mass is 32.1. The van der Waals surface area contributed by atoms with Crippen molar-refractivity contribution in [3.8, 4) is 11.5 Å². The lowest BCUT2D eigenvalue weighted by Gasteiger charge is -2.21. The van der Waals surface area contributed by atoms with Gasteiger partial charge < -0.3 is 20.1 Å². The standard InChI is InChI=1S/C22H34N2O3S/c1-3-4-14-27-19-12-10-18(15-20(19)26-2)16-23-22(28)24-21(25)13-11-17-8-6-5-7-9-17/h10,12,15,17H,3-9,11,13-14,16H2,1-2H3,(H2,23,24,25,28). The van der Waals surface area contributed by atoms with E-state index in [9.17, 15) is 4.79 Å². The van der Waals surface area contributed by atoms with E-state index in [1.54, 1.807) is 7.11 Å². The minimum Gasteiger partial charge on any atom is -0.493 e. The summed E-state index contributed by atoms with van der Waals surface area (Å²) in [5.74, 6) is 2.16. The number of ether oxygens (including phenoxy) is 2. The van der Waals surface area contributed by atoms with Crippen molar-refractivity contribution >= 4 is 23.2 Å². The summed E-state index contributed by atoms with van der Waals surface area (Å²) in [6.07, 6.45) is 10.1. The van der Waals surface area contributed by atoms with E-state index in [0.717, 1.165) is 30.6 Å². The van der Waals surface area contributed by atoms with E-state index in [1.165, 1.54) is 32.1 Å². The molecule has 0 heterocycles. The van der Waals surface area contributed by atoms with Gasteiger partial charge in [-0.3, -0.25) is 4.79 Å². The van der Waals surface area contributed by atoms with Crippen molar-refractivity contribution in [3.05, 3.63) is 23.8 Å². The fourth-order valence-electron chi connectivity index (χ4n) is 3.49. The maximum atomic E-state index is 12.1. The molecule has 1 aliphatic rings. The predicted molar refractivity (Wildman–Crippen MR) is 117 cm³/mol. The lowest BCUT2D eigenvalue weighted by Crippen LogP contribution is -2.38. The number of carbonyl (C=O) groups is 1. The number of hydrogen-bond acceptors (Lipinski definition) is 4. The van der Waals surface area contributed by atoms with Gasteiger partial charge in [-0.05, 0) is 48.7 Å². The van der Waals surface area contributed by atoms with Gasteiger partial charge in [-0.25, -0.2) is 0 Å². The van der Waals surface area contributed by atoms with Crippen LogP contribution in [0.2, 0.25) is 0 Å². The molecule has 1 amide bonds. The summed E-state index contributed by atoms with van der Waals surface area (Å²) >= 11 is 5.26. The highest BCUT2D eigenvalue weighted by molar-refractivity contribution is 7.80. The van der Waals surface area contributed by atoms with Crippen molar-refractivity contribution in [2.24, 2.45) is 5.92 Å². The van der Waals surface area contributed by atoms with Gasteiger partial charge in [-0.1, -0.05) is 51.5 Å². The van der Waals surface area contributed by atoms with Crippen molar-refractivity contribution in [2.45, 2.75) is 71.3 Å². The van der Waals surface area contributed by atoms with Crippen molar-refractivity contribution in [1.82, 2.24) is 10.6 Å². The van der Waals surface area contributed by atoms with E-state index in [-0.39, 0.29) is 5.91 Å². The zero-order valence-corrected chi connectivity index (χ0v) is 18.0. The number of thiocarbonyl (C=S) groups is 1. The number of amides is 1. The third-order valence-corrected chi connectivity index (χ3v) is 5.44. The first kappa shape index (κ1) is 22.5. The quantitative estimate of drug-likeness (QED) is 0.435. The number of unbranched alkanes of at least 4 members (excludes halogenated alkanes) is 1. The Labute approximate surface area is 174 Å². The van der Waals surface area contributed by atoms with Crippen LogP contribution in [-0.4, -0.2) is 24.7 Å². The molecule has 5 nitrogen and oxygen atoms in total. The van der Waals surface area contributed by atoms with E-state index in [2.05, 4.69) is 17.6 Å². The molecule has 0 saturated heterocycles. The first-order valence-corrected chi connectivity index (χ1v) is 10.9. The van der Waals surface area contributed by atoms with Crippen molar-refractivity contribution < 1.29 is 14.3 Å². The molecule has 1 saturated carbocycles. The fourth-order valence-corrected chi connectivity index (χ4v) is 3.68. The molecular formula is C22H34N2O3S. The van der Waals surface area contributed by atoms with E-state index < -0.39 is 0 Å². The maximum Gasteiger partial charge on any atom is 0.226 e. The Morgan fingerprint density at radius 3 is 2.71 bits per heavy atom. The molecule has 1 aliphatic carbocycles.